The van der Waals surface area contributed by atoms with E-state index in [1.165, 1.54) is 25.7 Å². The fourth-order valence-electron chi connectivity index (χ4n) is 2.56. The molecule has 1 aliphatic rings. The molecule has 1 aliphatic carbocycles. The van der Waals surface area contributed by atoms with Gasteiger partial charge in [0.15, 0.2) is 0 Å². The van der Waals surface area contributed by atoms with Crippen LogP contribution in [0.2, 0.25) is 0 Å². The molecule has 106 valence electrons. The van der Waals surface area contributed by atoms with Crippen molar-refractivity contribution in [3.8, 4) is 5.75 Å². The molecular formula is C15H24N2O2. The van der Waals surface area contributed by atoms with E-state index in [-0.39, 0.29) is 6.54 Å². The smallest absolute Gasteiger partial charge is 0.119 e. The van der Waals surface area contributed by atoms with E-state index in [2.05, 4.69) is 0 Å². The van der Waals surface area contributed by atoms with Crippen molar-refractivity contribution in [1.29, 1.82) is 0 Å². The maximum atomic E-state index is 10.0. The normalized spacial score (nSPS) is 19.3. The second-order valence-corrected chi connectivity index (χ2v) is 5.38. The minimum absolute atomic E-state index is 0.258. The predicted molar refractivity (Wildman–Crippen MR) is 75.9 cm³/mol. The van der Waals surface area contributed by atoms with E-state index in [1.807, 2.05) is 24.3 Å². The first-order chi connectivity index (χ1) is 9.20. The summed E-state index contributed by atoms with van der Waals surface area (Å²) in [6.45, 7) is 1.02. The van der Waals surface area contributed by atoms with Gasteiger partial charge in [0.05, 0.1) is 12.7 Å². The van der Waals surface area contributed by atoms with Gasteiger partial charge in [-0.2, -0.15) is 0 Å². The quantitative estimate of drug-likeness (QED) is 0.728. The number of aliphatic hydroxyl groups excluding tert-OH is 1. The molecule has 1 aromatic carbocycles. The van der Waals surface area contributed by atoms with Gasteiger partial charge in [0.25, 0.3) is 0 Å². The van der Waals surface area contributed by atoms with Crippen molar-refractivity contribution in [3.05, 3.63) is 29.8 Å². The van der Waals surface area contributed by atoms with E-state index in [9.17, 15) is 5.11 Å². The molecule has 0 aliphatic heterocycles. The van der Waals surface area contributed by atoms with Gasteiger partial charge >= 0.3 is 0 Å². The van der Waals surface area contributed by atoms with Gasteiger partial charge in [0.1, 0.15) is 5.75 Å². The minimum Gasteiger partial charge on any atom is -0.493 e. The Balaban J connectivity index is 1.94. The van der Waals surface area contributed by atoms with E-state index >= 15 is 0 Å². The second-order valence-electron chi connectivity index (χ2n) is 5.38. The van der Waals surface area contributed by atoms with Crippen LogP contribution < -0.4 is 16.2 Å². The molecule has 0 radical (unpaired) electrons. The lowest BCUT2D eigenvalue weighted by Gasteiger charge is -2.18. The van der Waals surface area contributed by atoms with Crippen LogP contribution in [-0.4, -0.2) is 24.3 Å². The lowest BCUT2D eigenvalue weighted by Crippen LogP contribution is -2.35. The third kappa shape index (κ3) is 3.93. The van der Waals surface area contributed by atoms with Crippen molar-refractivity contribution in [3.63, 3.8) is 0 Å². The van der Waals surface area contributed by atoms with Crippen LogP contribution in [0.3, 0.4) is 0 Å². The van der Waals surface area contributed by atoms with Crippen LogP contribution in [0.15, 0.2) is 24.3 Å². The summed E-state index contributed by atoms with van der Waals surface area (Å²) in [5, 5.41) is 10.0. The molecule has 0 bridgehead atoms. The monoisotopic (exact) mass is 264 g/mol. The highest BCUT2D eigenvalue weighted by Gasteiger charge is 2.17. The fourth-order valence-corrected chi connectivity index (χ4v) is 2.56. The van der Waals surface area contributed by atoms with Gasteiger partial charge in [-0.25, -0.2) is 0 Å². The summed E-state index contributed by atoms with van der Waals surface area (Å²) in [7, 11) is 0. The van der Waals surface area contributed by atoms with Crippen LogP contribution >= 0.6 is 0 Å². The maximum absolute atomic E-state index is 10.0. The number of ether oxygens (including phenoxy) is 1. The summed E-state index contributed by atoms with van der Waals surface area (Å²) in [5.74, 6) is 1.48. The van der Waals surface area contributed by atoms with E-state index in [4.69, 9.17) is 16.2 Å². The second kappa shape index (κ2) is 6.89. The SMILES string of the molecule is NC[C@@H](N)[C@@H](O)c1cccc(OCC2CCCC2)c1. The molecule has 4 heteroatoms. The molecule has 0 heterocycles. The van der Waals surface area contributed by atoms with Gasteiger partial charge in [0.2, 0.25) is 0 Å². The largest absolute Gasteiger partial charge is 0.493 e. The van der Waals surface area contributed by atoms with Crippen molar-refractivity contribution in [2.75, 3.05) is 13.2 Å². The maximum Gasteiger partial charge on any atom is 0.119 e. The molecule has 1 aromatic rings. The molecule has 2 rings (SSSR count). The van der Waals surface area contributed by atoms with Crippen molar-refractivity contribution >= 4 is 0 Å². The predicted octanol–water partition coefficient (Wildman–Crippen LogP) is 1.57. The molecule has 5 N–H and O–H groups in total. The van der Waals surface area contributed by atoms with Gasteiger partial charge in [-0.15, -0.1) is 0 Å². The highest BCUT2D eigenvalue weighted by molar-refractivity contribution is 5.30. The van der Waals surface area contributed by atoms with Crippen LogP contribution in [0, 0.1) is 5.92 Å². The molecule has 1 saturated carbocycles. The van der Waals surface area contributed by atoms with Gasteiger partial charge < -0.3 is 21.3 Å². The molecule has 19 heavy (non-hydrogen) atoms. The zero-order valence-electron chi connectivity index (χ0n) is 11.3. The average Bonchev–Trinajstić information content (AvgIpc) is 2.97. The zero-order valence-corrected chi connectivity index (χ0v) is 11.3. The number of aliphatic hydroxyl groups is 1. The first kappa shape index (κ1) is 14.3. The van der Waals surface area contributed by atoms with E-state index in [0.29, 0.717) is 5.92 Å². The van der Waals surface area contributed by atoms with Crippen molar-refractivity contribution in [2.45, 2.75) is 37.8 Å². The Morgan fingerprint density at radius 2 is 2.05 bits per heavy atom. The molecule has 1 fully saturated rings. The minimum atomic E-state index is -0.736. The number of nitrogens with two attached hydrogens (primary N) is 2. The van der Waals surface area contributed by atoms with Crippen molar-refractivity contribution in [2.24, 2.45) is 17.4 Å². The van der Waals surface area contributed by atoms with E-state index in [0.717, 1.165) is 17.9 Å². The Kier molecular flexibility index (Phi) is 5.19. The van der Waals surface area contributed by atoms with Gasteiger partial charge in [-0.05, 0) is 36.5 Å². The number of benzene rings is 1. The summed E-state index contributed by atoms with van der Waals surface area (Å²) < 4.78 is 5.81. The van der Waals surface area contributed by atoms with Crippen molar-refractivity contribution < 1.29 is 9.84 Å². The Hall–Kier alpha value is -1.10. The third-order valence-electron chi connectivity index (χ3n) is 3.84. The molecule has 0 unspecified atom stereocenters. The first-order valence-electron chi connectivity index (χ1n) is 7.07. The number of hydrogen-bond acceptors (Lipinski definition) is 4. The lowest BCUT2D eigenvalue weighted by molar-refractivity contribution is 0.148. The summed E-state index contributed by atoms with van der Waals surface area (Å²) in [5.41, 5.74) is 12.0. The van der Waals surface area contributed by atoms with Crippen LogP contribution in [0.4, 0.5) is 0 Å². The summed E-state index contributed by atoms with van der Waals surface area (Å²) >= 11 is 0. The first-order valence-corrected chi connectivity index (χ1v) is 7.07. The summed E-state index contributed by atoms with van der Waals surface area (Å²) in [4.78, 5) is 0. The Labute approximate surface area is 114 Å². The van der Waals surface area contributed by atoms with Crippen molar-refractivity contribution in [1.82, 2.24) is 0 Å². The average molecular weight is 264 g/mol. The lowest BCUT2D eigenvalue weighted by atomic mass is 10.0. The molecule has 4 nitrogen and oxygen atoms in total. The summed E-state index contributed by atoms with van der Waals surface area (Å²) in [6.07, 6.45) is 4.43. The third-order valence-corrected chi connectivity index (χ3v) is 3.84. The highest BCUT2D eigenvalue weighted by Crippen LogP contribution is 2.26. The van der Waals surface area contributed by atoms with E-state index in [1.54, 1.807) is 0 Å². The Morgan fingerprint density at radius 1 is 1.32 bits per heavy atom. The fraction of sp³-hybridized carbons (Fsp3) is 0.600. The Bertz CT molecular complexity index is 391. The molecule has 0 aromatic heterocycles. The van der Waals surface area contributed by atoms with Crippen LogP contribution in [0.1, 0.15) is 37.4 Å². The van der Waals surface area contributed by atoms with Crippen LogP contribution in [-0.2, 0) is 0 Å². The van der Waals surface area contributed by atoms with Gasteiger partial charge in [-0.3, -0.25) is 0 Å². The molecule has 0 amide bonds. The molecule has 2 atom stereocenters. The van der Waals surface area contributed by atoms with Gasteiger partial charge in [-0.1, -0.05) is 25.0 Å². The Morgan fingerprint density at radius 3 is 2.74 bits per heavy atom. The van der Waals surface area contributed by atoms with Crippen LogP contribution in [0.5, 0.6) is 5.75 Å². The molecular weight excluding hydrogens is 240 g/mol. The van der Waals surface area contributed by atoms with E-state index < -0.39 is 12.1 Å². The number of rotatable bonds is 6. The molecule has 0 saturated heterocycles. The zero-order chi connectivity index (χ0) is 13.7. The standard InChI is InChI=1S/C15H24N2O2/c16-9-14(17)15(18)12-6-3-7-13(8-12)19-10-11-4-1-2-5-11/h3,6-8,11,14-15,18H,1-2,4-5,9-10,16-17H2/t14-,15+/m1/s1. The van der Waals surface area contributed by atoms with Crippen LogP contribution in [0.25, 0.3) is 0 Å². The topological polar surface area (TPSA) is 81.5 Å². The highest BCUT2D eigenvalue weighted by atomic mass is 16.5. The molecule has 0 spiro atoms. The number of hydrogen-bond donors (Lipinski definition) is 3. The summed E-state index contributed by atoms with van der Waals surface area (Å²) in [6, 6.07) is 7.06. The van der Waals surface area contributed by atoms with Gasteiger partial charge in [0, 0.05) is 12.6 Å².